The van der Waals surface area contributed by atoms with E-state index >= 15 is 0 Å². The van der Waals surface area contributed by atoms with Crippen LogP contribution >= 0.6 is 0 Å². The molecule has 2 aromatic rings. The van der Waals surface area contributed by atoms with Crippen LogP contribution in [0.2, 0.25) is 0 Å². The van der Waals surface area contributed by atoms with E-state index in [9.17, 15) is 18.0 Å². The summed E-state index contributed by atoms with van der Waals surface area (Å²) >= 11 is 0. The van der Waals surface area contributed by atoms with Crippen LogP contribution < -0.4 is 10.5 Å². The second-order valence-corrected chi connectivity index (χ2v) is 5.12. The van der Waals surface area contributed by atoms with Gasteiger partial charge in [0.05, 0.1) is 12.0 Å². The highest BCUT2D eigenvalue weighted by atomic mass is 19.4. The Balaban J connectivity index is 2.31. The number of carbonyl (C=O) groups is 1. The molecule has 5 nitrogen and oxygen atoms in total. The van der Waals surface area contributed by atoms with Gasteiger partial charge < -0.3 is 15.0 Å². The molecule has 0 aliphatic rings. The van der Waals surface area contributed by atoms with Crippen LogP contribution in [-0.4, -0.2) is 17.7 Å². The van der Waals surface area contributed by atoms with Crippen molar-refractivity contribution in [1.29, 1.82) is 0 Å². The van der Waals surface area contributed by atoms with Gasteiger partial charge in [0.2, 0.25) is 5.91 Å². The van der Waals surface area contributed by atoms with Crippen LogP contribution in [0, 0.1) is 0 Å². The summed E-state index contributed by atoms with van der Waals surface area (Å²) in [5.41, 5.74) is 4.64. The van der Waals surface area contributed by atoms with Gasteiger partial charge in [-0.2, -0.15) is 13.2 Å². The molecule has 0 spiro atoms. The minimum Gasteiger partial charge on any atom is -0.493 e. The van der Waals surface area contributed by atoms with E-state index in [4.69, 9.17) is 15.0 Å². The second-order valence-electron chi connectivity index (χ2n) is 5.12. The minimum absolute atomic E-state index is 0.0783. The number of halogens is 3. The number of alkyl halides is 3. The first-order valence-electron chi connectivity index (χ1n) is 7.24. The van der Waals surface area contributed by atoms with Gasteiger partial charge in [-0.25, -0.2) is 0 Å². The van der Waals surface area contributed by atoms with E-state index in [1.165, 1.54) is 12.1 Å². The van der Waals surface area contributed by atoms with E-state index < -0.39 is 17.8 Å². The van der Waals surface area contributed by atoms with Crippen LogP contribution in [0.1, 0.15) is 37.4 Å². The number of benzene rings is 1. The van der Waals surface area contributed by atoms with Gasteiger partial charge in [-0.05, 0) is 25.0 Å². The summed E-state index contributed by atoms with van der Waals surface area (Å²) in [5.74, 6) is 0.0107. The zero-order valence-corrected chi connectivity index (χ0v) is 12.6. The maximum absolute atomic E-state index is 12.9. The Morgan fingerprint density at radius 3 is 2.74 bits per heavy atom. The lowest BCUT2D eigenvalue weighted by Crippen LogP contribution is -2.12. The number of carbonyl (C=O) groups excluding carboxylic acids is 1. The van der Waals surface area contributed by atoms with Gasteiger partial charge in [-0.15, -0.1) is 0 Å². The van der Waals surface area contributed by atoms with E-state index in [1.54, 1.807) is 0 Å². The standard InChI is InChI=1S/C15H17F3N2O3/c1-2-4-9-11(22-8-3-5-12(19)21)7-6-10-13(9)23-20-14(10)15(16,17)18/h6-7H,2-5,8H2,1H3,(H2,19,21). The van der Waals surface area contributed by atoms with Crippen molar-refractivity contribution in [2.45, 2.75) is 38.8 Å². The van der Waals surface area contributed by atoms with Crippen LogP contribution in [0.5, 0.6) is 5.75 Å². The number of nitrogens with two attached hydrogens (primary N) is 1. The Bertz CT molecular complexity index is 695. The van der Waals surface area contributed by atoms with E-state index in [1.807, 2.05) is 6.92 Å². The highest BCUT2D eigenvalue weighted by Gasteiger charge is 2.37. The molecule has 0 aliphatic heterocycles. The third-order valence-corrected chi connectivity index (χ3v) is 3.29. The Labute approximate surface area is 130 Å². The minimum atomic E-state index is -4.57. The molecule has 0 radical (unpaired) electrons. The van der Waals surface area contributed by atoms with E-state index in [0.717, 1.165) is 0 Å². The quantitative estimate of drug-likeness (QED) is 0.789. The molecule has 0 saturated carbocycles. The van der Waals surface area contributed by atoms with Crippen molar-refractivity contribution in [3.63, 3.8) is 0 Å². The summed E-state index contributed by atoms with van der Waals surface area (Å²) in [5, 5.41) is 3.08. The molecule has 0 atom stereocenters. The highest BCUT2D eigenvalue weighted by Crippen LogP contribution is 2.38. The van der Waals surface area contributed by atoms with E-state index in [2.05, 4.69) is 5.16 Å². The fraction of sp³-hybridized carbons (Fsp3) is 0.467. The number of nitrogens with zero attached hydrogens (tertiary/aromatic N) is 1. The fourth-order valence-electron chi connectivity index (χ4n) is 2.30. The predicted molar refractivity (Wildman–Crippen MR) is 76.9 cm³/mol. The topological polar surface area (TPSA) is 78.4 Å². The van der Waals surface area contributed by atoms with Crippen LogP contribution in [0.15, 0.2) is 16.7 Å². The SMILES string of the molecule is CCCc1c(OCCCC(N)=O)ccc2c(C(F)(F)F)noc12. The summed E-state index contributed by atoms with van der Waals surface area (Å²) in [6.07, 6.45) is -2.75. The number of rotatable bonds is 7. The summed E-state index contributed by atoms with van der Waals surface area (Å²) < 4.78 is 49.2. The van der Waals surface area contributed by atoms with Gasteiger partial charge in [-0.3, -0.25) is 4.79 Å². The highest BCUT2D eigenvalue weighted by molar-refractivity contribution is 5.85. The second kappa shape index (κ2) is 6.89. The Morgan fingerprint density at radius 2 is 2.13 bits per heavy atom. The molecule has 1 amide bonds. The summed E-state index contributed by atoms with van der Waals surface area (Å²) in [7, 11) is 0. The molecule has 0 unspecified atom stereocenters. The Kier molecular flexibility index (Phi) is 5.12. The van der Waals surface area contributed by atoms with Crippen LogP contribution in [0.3, 0.4) is 0 Å². The molecule has 2 rings (SSSR count). The summed E-state index contributed by atoms with van der Waals surface area (Å²) in [6.45, 7) is 2.14. The Hall–Kier alpha value is -2.25. The number of primary amides is 1. The number of fused-ring (bicyclic) bond motifs is 1. The van der Waals surface area contributed by atoms with E-state index in [0.29, 0.717) is 30.6 Å². The average Bonchev–Trinajstić information content (AvgIpc) is 2.89. The number of hydrogen-bond donors (Lipinski definition) is 1. The third kappa shape index (κ3) is 3.94. The lowest BCUT2D eigenvalue weighted by atomic mass is 10.0. The van der Waals surface area contributed by atoms with Gasteiger partial charge in [0.1, 0.15) is 5.75 Å². The lowest BCUT2D eigenvalue weighted by Gasteiger charge is -2.11. The zero-order chi connectivity index (χ0) is 17.0. The molecular formula is C15H17F3N2O3. The largest absolute Gasteiger partial charge is 0.493 e. The first-order chi connectivity index (χ1) is 10.8. The average molecular weight is 330 g/mol. The number of amides is 1. The van der Waals surface area contributed by atoms with Gasteiger partial charge in [0, 0.05) is 12.0 Å². The van der Waals surface area contributed by atoms with Crippen molar-refractivity contribution in [2.75, 3.05) is 6.61 Å². The van der Waals surface area contributed by atoms with Gasteiger partial charge in [0.15, 0.2) is 11.3 Å². The van der Waals surface area contributed by atoms with Crippen LogP contribution in [-0.2, 0) is 17.4 Å². The van der Waals surface area contributed by atoms with Crippen molar-refractivity contribution >= 4 is 16.9 Å². The fourth-order valence-corrected chi connectivity index (χ4v) is 2.30. The smallest absolute Gasteiger partial charge is 0.437 e. The van der Waals surface area contributed by atoms with Crippen LogP contribution in [0.25, 0.3) is 11.0 Å². The number of ether oxygens (including phenoxy) is 1. The number of hydrogen-bond acceptors (Lipinski definition) is 4. The van der Waals surface area contributed by atoms with Crippen LogP contribution in [0.4, 0.5) is 13.2 Å². The monoisotopic (exact) mass is 330 g/mol. The summed E-state index contributed by atoms with van der Waals surface area (Å²) in [6, 6.07) is 2.77. The number of aryl methyl sites for hydroxylation is 1. The molecule has 0 bridgehead atoms. The molecule has 1 aromatic heterocycles. The van der Waals surface area contributed by atoms with Gasteiger partial charge in [-0.1, -0.05) is 18.5 Å². The first kappa shape index (κ1) is 17.1. The lowest BCUT2D eigenvalue weighted by molar-refractivity contribution is -0.141. The van der Waals surface area contributed by atoms with Crippen molar-refractivity contribution < 1.29 is 27.2 Å². The molecular weight excluding hydrogens is 313 g/mol. The van der Waals surface area contributed by atoms with Gasteiger partial charge >= 0.3 is 6.18 Å². The molecule has 0 aliphatic carbocycles. The molecule has 1 aromatic carbocycles. The van der Waals surface area contributed by atoms with Crippen molar-refractivity contribution in [1.82, 2.24) is 5.16 Å². The van der Waals surface area contributed by atoms with Crippen molar-refractivity contribution in [3.8, 4) is 5.75 Å². The first-order valence-corrected chi connectivity index (χ1v) is 7.24. The maximum Gasteiger partial charge on any atom is 0.437 e. The zero-order valence-electron chi connectivity index (χ0n) is 12.6. The van der Waals surface area contributed by atoms with E-state index in [-0.39, 0.29) is 24.0 Å². The molecule has 8 heteroatoms. The Morgan fingerprint density at radius 1 is 1.39 bits per heavy atom. The van der Waals surface area contributed by atoms with Gasteiger partial charge in [0.25, 0.3) is 0 Å². The molecule has 2 N–H and O–H groups in total. The molecule has 126 valence electrons. The normalized spacial score (nSPS) is 11.8. The molecule has 0 saturated heterocycles. The summed E-state index contributed by atoms with van der Waals surface area (Å²) in [4.78, 5) is 10.7. The van der Waals surface area contributed by atoms with Crippen molar-refractivity contribution in [3.05, 3.63) is 23.4 Å². The van der Waals surface area contributed by atoms with Crippen molar-refractivity contribution in [2.24, 2.45) is 5.73 Å². The predicted octanol–water partition coefficient (Wildman–Crippen LogP) is 3.44. The third-order valence-electron chi connectivity index (χ3n) is 3.29. The number of aromatic nitrogens is 1. The molecule has 0 fully saturated rings. The maximum atomic E-state index is 12.9. The molecule has 23 heavy (non-hydrogen) atoms. The molecule has 1 heterocycles.